The largest absolute Gasteiger partial charge is 0.494 e. The summed E-state index contributed by atoms with van der Waals surface area (Å²) in [6, 6.07) is 13.5. The first kappa shape index (κ1) is 23.5. The van der Waals surface area contributed by atoms with Crippen LogP contribution in [0.3, 0.4) is 0 Å². The Bertz CT molecular complexity index is 1050. The van der Waals surface area contributed by atoms with E-state index in [2.05, 4.69) is 17.9 Å². The molecular weight excluding hydrogens is 438 g/mol. The lowest BCUT2D eigenvalue weighted by atomic mass is 10.2. The third-order valence-electron chi connectivity index (χ3n) is 5.52. The van der Waals surface area contributed by atoms with Gasteiger partial charge in [0, 0.05) is 26.2 Å². The molecule has 7 nitrogen and oxygen atoms in total. The number of carbonyl (C=O) groups excluding carboxylic acids is 1. The third kappa shape index (κ3) is 6.43. The maximum Gasteiger partial charge on any atom is 0.266 e. The van der Waals surface area contributed by atoms with Crippen LogP contribution in [0.1, 0.15) is 18.9 Å². The number of carbonyl (C=O) groups is 1. The van der Waals surface area contributed by atoms with Crippen LogP contribution in [0.4, 0.5) is 5.13 Å². The van der Waals surface area contributed by atoms with Crippen LogP contribution in [0, 0.1) is 6.92 Å². The maximum absolute atomic E-state index is 13.2. The van der Waals surface area contributed by atoms with Gasteiger partial charge in [-0.15, -0.1) is 0 Å². The second-order valence-corrected chi connectivity index (χ2v) is 9.02. The Hall–Kier alpha value is -2.68. The molecule has 0 N–H and O–H groups in total. The second kappa shape index (κ2) is 11.4. The average Bonchev–Trinajstić information content (AvgIpc) is 3.25. The molecule has 0 saturated carbocycles. The van der Waals surface area contributed by atoms with E-state index in [1.807, 2.05) is 43.3 Å². The molecule has 0 bridgehead atoms. The van der Waals surface area contributed by atoms with Crippen molar-refractivity contribution < 1.29 is 19.0 Å². The zero-order valence-corrected chi connectivity index (χ0v) is 20.1. The van der Waals surface area contributed by atoms with E-state index in [1.165, 1.54) is 5.56 Å². The molecule has 176 valence electrons. The first-order valence-electron chi connectivity index (χ1n) is 11.5. The SMILES string of the molecule is CCOc1ccc(OCC(=O)N(CCCN2CCOCC2)c2nc3ccc(C)cc3s2)cc1. The van der Waals surface area contributed by atoms with Crippen molar-refractivity contribution in [2.24, 2.45) is 0 Å². The number of morpholine rings is 1. The van der Waals surface area contributed by atoms with Crippen molar-refractivity contribution >= 4 is 32.6 Å². The predicted octanol–water partition coefficient (Wildman–Crippen LogP) is 4.14. The van der Waals surface area contributed by atoms with Crippen LogP contribution in [-0.2, 0) is 9.53 Å². The van der Waals surface area contributed by atoms with Crippen molar-refractivity contribution in [3.05, 3.63) is 48.0 Å². The molecule has 0 unspecified atom stereocenters. The number of amides is 1. The van der Waals surface area contributed by atoms with Crippen molar-refractivity contribution in [2.75, 3.05) is 57.5 Å². The highest BCUT2D eigenvalue weighted by atomic mass is 32.1. The lowest BCUT2D eigenvalue weighted by Crippen LogP contribution is -2.40. The molecule has 0 aliphatic carbocycles. The number of fused-ring (bicyclic) bond motifs is 1. The van der Waals surface area contributed by atoms with E-state index in [4.69, 9.17) is 19.2 Å². The minimum atomic E-state index is -0.0957. The van der Waals surface area contributed by atoms with E-state index in [0.717, 1.165) is 60.4 Å². The minimum absolute atomic E-state index is 0.0412. The van der Waals surface area contributed by atoms with Crippen molar-refractivity contribution in [3.63, 3.8) is 0 Å². The van der Waals surface area contributed by atoms with Crippen LogP contribution in [0.2, 0.25) is 0 Å². The van der Waals surface area contributed by atoms with Gasteiger partial charge in [-0.2, -0.15) is 0 Å². The van der Waals surface area contributed by atoms with Crippen LogP contribution in [-0.4, -0.2) is 68.4 Å². The Morgan fingerprint density at radius 3 is 2.58 bits per heavy atom. The van der Waals surface area contributed by atoms with E-state index in [1.54, 1.807) is 16.2 Å². The number of aromatic nitrogens is 1. The normalized spacial score (nSPS) is 14.4. The van der Waals surface area contributed by atoms with Gasteiger partial charge in [-0.05, 0) is 62.2 Å². The summed E-state index contributed by atoms with van der Waals surface area (Å²) >= 11 is 1.55. The average molecular weight is 470 g/mol. The molecule has 4 rings (SSSR count). The van der Waals surface area contributed by atoms with E-state index < -0.39 is 0 Å². The fourth-order valence-corrected chi connectivity index (χ4v) is 4.87. The van der Waals surface area contributed by atoms with Crippen LogP contribution >= 0.6 is 11.3 Å². The second-order valence-electron chi connectivity index (χ2n) is 8.01. The molecule has 1 aliphatic heterocycles. The van der Waals surface area contributed by atoms with E-state index >= 15 is 0 Å². The summed E-state index contributed by atoms with van der Waals surface area (Å²) in [5.41, 5.74) is 2.10. The van der Waals surface area contributed by atoms with Gasteiger partial charge in [0.15, 0.2) is 11.7 Å². The lowest BCUT2D eigenvalue weighted by molar-refractivity contribution is -0.120. The molecule has 0 radical (unpaired) electrons. The summed E-state index contributed by atoms with van der Waals surface area (Å²) in [6.45, 7) is 9.53. The standard InChI is InChI=1S/C25H31N3O4S/c1-3-31-20-6-8-21(9-7-20)32-18-24(29)28(12-4-11-27-13-15-30-16-14-27)25-26-22-10-5-19(2)17-23(22)33-25/h5-10,17H,3-4,11-16,18H2,1-2H3. The minimum Gasteiger partial charge on any atom is -0.494 e. The first-order chi connectivity index (χ1) is 16.1. The Kier molecular flexibility index (Phi) is 8.15. The summed E-state index contributed by atoms with van der Waals surface area (Å²) in [4.78, 5) is 22.1. The van der Waals surface area contributed by atoms with Crippen molar-refractivity contribution in [1.29, 1.82) is 0 Å². The summed E-state index contributed by atoms with van der Waals surface area (Å²) in [7, 11) is 0. The molecular formula is C25H31N3O4S. The van der Waals surface area contributed by atoms with Crippen LogP contribution in [0.15, 0.2) is 42.5 Å². The molecule has 33 heavy (non-hydrogen) atoms. The van der Waals surface area contributed by atoms with Gasteiger partial charge in [0.1, 0.15) is 11.5 Å². The molecule has 1 amide bonds. The Morgan fingerprint density at radius 2 is 1.85 bits per heavy atom. The maximum atomic E-state index is 13.2. The number of rotatable bonds is 10. The zero-order valence-electron chi connectivity index (χ0n) is 19.3. The van der Waals surface area contributed by atoms with Crippen LogP contribution < -0.4 is 14.4 Å². The van der Waals surface area contributed by atoms with Crippen molar-refractivity contribution in [1.82, 2.24) is 9.88 Å². The fourth-order valence-electron chi connectivity index (χ4n) is 3.76. The molecule has 1 fully saturated rings. The van der Waals surface area contributed by atoms with Crippen molar-refractivity contribution in [3.8, 4) is 11.5 Å². The van der Waals surface area contributed by atoms with Gasteiger partial charge in [-0.3, -0.25) is 14.6 Å². The van der Waals surface area contributed by atoms with Gasteiger partial charge in [-0.1, -0.05) is 17.4 Å². The molecule has 3 aromatic rings. The molecule has 1 aromatic heterocycles. The zero-order chi connectivity index (χ0) is 23.0. The monoisotopic (exact) mass is 469 g/mol. The molecule has 8 heteroatoms. The topological polar surface area (TPSA) is 64.1 Å². The van der Waals surface area contributed by atoms with Gasteiger partial charge < -0.3 is 14.2 Å². The quantitative estimate of drug-likeness (QED) is 0.445. The summed E-state index contributed by atoms with van der Waals surface area (Å²) in [5, 5.41) is 0.720. The number of thiazole rings is 1. The van der Waals surface area contributed by atoms with Gasteiger partial charge >= 0.3 is 0 Å². The summed E-state index contributed by atoms with van der Waals surface area (Å²) in [5.74, 6) is 1.33. The summed E-state index contributed by atoms with van der Waals surface area (Å²) < 4.78 is 17.8. The molecule has 2 heterocycles. The number of nitrogens with zero attached hydrogens (tertiary/aromatic N) is 3. The van der Waals surface area contributed by atoms with Gasteiger partial charge in [0.25, 0.3) is 5.91 Å². The number of anilines is 1. The lowest BCUT2D eigenvalue weighted by Gasteiger charge is -2.27. The van der Waals surface area contributed by atoms with Crippen LogP contribution in [0.5, 0.6) is 11.5 Å². The van der Waals surface area contributed by atoms with Gasteiger partial charge in [0.05, 0.1) is 30.0 Å². The molecule has 0 atom stereocenters. The Labute approximate surface area is 198 Å². The molecule has 1 saturated heterocycles. The fraction of sp³-hybridized carbons (Fsp3) is 0.440. The number of ether oxygens (including phenoxy) is 3. The number of aryl methyl sites for hydroxylation is 1. The van der Waals surface area contributed by atoms with E-state index in [9.17, 15) is 4.79 Å². The van der Waals surface area contributed by atoms with E-state index in [-0.39, 0.29) is 12.5 Å². The highest BCUT2D eigenvalue weighted by Crippen LogP contribution is 2.30. The summed E-state index contributed by atoms with van der Waals surface area (Å²) in [6.07, 6.45) is 0.865. The Balaban J connectivity index is 1.43. The first-order valence-corrected chi connectivity index (χ1v) is 12.3. The molecule has 0 spiro atoms. The highest BCUT2D eigenvalue weighted by molar-refractivity contribution is 7.22. The van der Waals surface area contributed by atoms with Gasteiger partial charge in [0.2, 0.25) is 0 Å². The number of hydrogen-bond donors (Lipinski definition) is 0. The van der Waals surface area contributed by atoms with E-state index in [0.29, 0.717) is 18.9 Å². The molecule has 2 aromatic carbocycles. The molecule has 1 aliphatic rings. The van der Waals surface area contributed by atoms with Crippen LogP contribution in [0.25, 0.3) is 10.2 Å². The number of benzene rings is 2. The highest BCUT2D eigenvalue weighted by Gasteiger charge is 2.21. The smallest absolute Gasteiger partial charge is 0.266 e. The Morgan fingerprint density at radius 1 is 1.12 bits per heavy atom. The number of hydrogen-bond acceptors (Lipinski definition) is 7. The van der Waals surface area contributed by atoms with Crippen molar-refractivity contribution in [2.45, 2.75) is 20.3 Å². The predicted molar refractivity (Wildman–Crippen MR) is 132 cm³/mol. The van der Waals surface area contributed by atoms with Gasteiger partial charge in [-0.25, -0.2) is 4.98 Å². The third-order valence-corrected chi connectivity index (χ3v) is 6.56.